The molecule has 2 aromatic rings. The Kier molecular flexibility index (Phi) is 6.13. The summed E-state index contributed by atoms with van der Waals surface area (Å²) in [7, 11) is 0. The summed E-state index contributed by atoms with van der Waals surface area (Å²) in [4.78, 5) is 29.4. The second-order valence-corrected chi connectivity index (χ2v) is 9.05. The van der Waals surface area contributed by atoms with E-state index in [0.717, 1.165) is 56.9 Å². The highest BCUT2D eigenvalue weighted by atomic mass is 32.1. The number of hydrogen-bond acceptors (Lipinski definition) is 6. The summed E-state index contributed by atoms with van der Waals surface area (Å²) in [6.45, 7) is 0. The topological polar surface area (TPSA) is 105 Å². The van der Waals surface area contributed by atoms with Crippen molar-refractivity contribution in [2.45, 2.75) is 63.8 Å². The fourth-order valence-electron chi connectivity index (χ4n) is 4.28. The Hall–Kier alpha value is -2.74. The van der Waals surface area contributed by atoms with E-state index < -0.39 is 4.92 Å². The Balaban J connectivity index is 1.63. The van der Waals surface area contributed by atoms with Crippen molar-refractivity contribution in [3.05, 3.63) is 49.9 Å². The van der Waals surface area contributed by atoms with E-state index in [-0.39, 0.29) is 23.4 Å². The first-order valence-corrected chi connectivity index (χ1v) is 11.3. The molecule has 2 N–H and O–H groups in total. The molecule has 1 amide bonds. The van der Waals surface area contributed by atoms with E-state index in [0.29, 0.717) is 16.1 Å². The molecule has 7 nitrogen and oxygen atoms in total. The number of aromatic hydroxyl groups is 1. The highest BCUT2D eigenvalue weighted by Crippen LogP contribution is 2.40. The molecule has 0 bridgehead atoms. The number of aliphatic imine (C=N–C) groups is 1. The third kappa shape index (κ3) is 4.38. The van der Waals surface area contributed by atoms with Gasteiger partial charge in [0.2, 0.25) is 0 Å². The highest BCUT2D eigenvalue weighted by Gasteiger charge is 2.27. The molecule has 1 heterocycles. The van der Waals surface area contributed by atoms with Gasteiger partial charge in [-0.3, -0.25) is 14.9 Å². The van der Waals surface area contributed by atoms with Gasteiger partial charge in [-0.15, -0.1) is 11.3 Å². The molecule has 158 valence electrons. The van der Waals surface area contributed by atoms with Crippen molar-refractivity contribution in [3.63, 3.8) is 0 Å². The Bertz CT molecular complexity index is 993. The van der Waals surface area contributed by atoms with Crippen molar-refractivity contribution in [2.24, 2.45) is 4.99 Å². The van der Waals surface area contributed by atoms with Gasteiger partial charge in [-0.2, -0.15) is 0 Å². The summed E-state index contributed by atoms with van der Waals surface area (Å²) >= 11 is 1.54. The maximum Gasteiger partial charge on any atom is 0.311 e. The fraction of sp³-hybridized carbons (Fsp3) is 0.455. The number of carbonyl (C=O) groups is 1. The summed E-state index contributed by atoms with van der Waals surface area (Å²) in [5.74, 6) is -0.429. The fourth-order valence-corrected chi connectivity index (χ4v) is 5.51. The van der Waals surface area contributed by atoms with E-state index in [1.807, 2.05) is 0 Å². The molecule has 1 saturated carbocycles. The van der Waals surface area contributed by atoms with Gasteiger partial charge in [0.25, 0.3) is 5.91 Å². The number of thiophene rings is 1. The number of aryl methyl sites for hydroxylation is 1. The number of nitrogens with one attached hydrogen (secondary N) is 1. The molecule has 0 unspecified atom stereocenters. The summed E-state index contributed by atoms with van der Waals surface area (Å²) < 4.78 is 0. The molecule has 2 aliphatic rings. The highest BCUT2D eigenvalue weighted by molar-refractivity contribution is 7.16. The lowest BCUT2D eigenvalue weighted by atomic mass is 9.93. The normalized spacial score (nSPS) is 17.1. The molecule has 1 aromatic heterocycles. The van der Waals surface area contributed by atoms with Gasteiger partial charge in [0.15, 0.2) is 5.75 Å². The van der Waals surface area contributed by atoms with Gasteiger partial charge >= 0.3 is 5.69 Å². The van der Waals surface area contributed by atoms with Gasteiger partial charge in [-0.05, 0) is 61.8 Å². The summed E-state index contributed by atoms with van der Waals surface area (Å²) in [6, 6.07) is 4.37. The smallest absolute Gasteiger partial charge is 0.311 e. The number of amides is 1. The average molecular weight is 428 g/mol. The average Bonchev–Trinajstić information content (AvgIpc) is 3.12. The van der Waals surface area contributed by atoms with E-state index in [2.05, 4.69) is 10.3 Å². The van der Waals surface area contributed by atoms with E-state index in [1.165, 1.54) is 29.6 Å². The first-order valence-electron chi connectivity index (χ1n) is 10.5. The summed E-state index contributed by atoms with van der Waals surface area (Å²) in [5.41, 5.74) is 1.93. The van der Waals surface area contributed by atoms with Crippen molar-refractivity contribution >= 4 is 34.1 Å². The predicted octanol–water partition coefficient (Wildman–Crippen LogP) is 5.05. The molecule has 0 radical (unpaired) electrons. The lowest BCUT2D eigenvalue weighted by Gasteiger charge is -2.23. The van der Waals surface area contributed by atoms with Crippen LogP contribution in [-0.4, -0.2) is 28.2 Å². The number of rotatable bonds is 5. The Morgan fingerprint density at radius 1 is 1.20 bits per heavy atom. The monoisotopic (exact) mass is 427 g/mol. The number of nitro groups is 1. The van der Waals surface area contributed by atoms with Crippen LogP contribution in [0.3, 0.4) is 0 Å². The lowest BCUT2D eigenvalue weighted by Crippen LogP contribution is -2.36. The Morgan fingerprint density at radius 3 is 2.73 bits per heavy atom. The predicted molar refractivity (Wildman–Crippen MR) is 117 cm³/mol. The molecule has 4 rings (SSSR count). The molecule has 1 aromatic carbocycles. The molecular formula is C22H25N3O4S. The first-order chi connectivity index (χ1) is 14.5. The summed E-state index contributed by atoms with van der Waals surface area (Å²) in [5, 5.41) is 24.6. The van der Waals surface area contributed by atoms with Crippen LogP contribution < -0.4 is 5.32 Å². The number of nitro benzene ring substituents is 1. The van der Waals surface area contributed by atoms with Crippen LogP contribution in [0.2, 0.25) is 0 Å². The lowest BCUT2D eigenvalue weighted by molar-refractivity contribution is -0.385. The molecular weight excluding hydrogens is 402 g/mol. The number of phenolic OH excluding ortho intramolecular Hbond substituents is 1. The van der Waals surface area contributed by atoms with Crippen LogP contribution in [0, 0.1) is 10.1 Å². The molecule has 0 atom stereocenters. The van der Waals surface area contributed by atoms with Crippen LogP contribution in [0.5, 0.6) is 5.75 Å². The van der Waals surface area contributed by atoms with Crippen molar-refractivity contribution < 1.29 is 14.8 Å². The maximum absolute atomic E-state index is 13.2. The van der Waals surface area contributed by atoms with Gasteiger partial charge in [0.1, 0.15) is 5.00 Å². The molecule has 0 saturated heterocycles. The van der Waals surface area contributed by atoms with E-state index in [9.17, 15) is 20.0 Å². The van der Waals surface area contributed by atoms with E-state index >= 15 is 0 Å². The van der Waals surface area contributed by atoms with E-state index in [1.54, 1.807) is 17.4 Å². The molecule has 2 aliphatic carbocycles. The SMILES string of the molecule is O=C(NC1CCCCC1)c1c(/N=C/c2ccc(O)c([N+](=O)[O-])c2)sc2c1CCCC2. The molecule has 8 heteroatoms. The number of phenols is 1. The zero-order valence-electron chi connectivity index (χ0n) is 16.7. The minimum atomic E-state index is -0.625. The van der Waals surface area contributed by atoms with Crippen LogP contribution in [0.1, 0.15) is 71.3 Å². The molecule has 0 spiro atoms. The first kappa shape index (κ1) is 20.5. The Morgan fingerprint density at radius 2 is 1.97 bits per heavy atom. The molecule has 0 aliphatic heterocycles. The third-order valence-electron chi connectivity index (χ3n) is 5.85. The van der Waals surface area contributed by atoms with Gasteiger partial charge in [-0.25, -0.2) is 4.99 Å². The standard InChI is InChI=1S/C22H25N3O4S/c26-18-11-10-14(12-17(18)25(28)29)13-23-22-20(16-8-4-5-9-19(16)30-22)21(27)24-15-6-2-1-3-7-15/h10-13,15,26H,1-9H2,(H,24,27)/b23-13+. The van der Waals surface area contributed by atoms with Gasteiger partial charge in [0.05, 0.1) is 10.5 Å². The quantitative estimate of drug-likeness (QED) is 0.395. The Labute approximate surface area is 179 Å². The number of fused-ring (bicyclic) bond motifs is 1. The second-order valence-electron chi connectivity index (χ2n) is 7.96. The largest absolute Gasteiger partial charge is 0.502 e. The van der Waals surface area contributed by atoms with Crippen LogP contribution in [0.15, 0.2) is 23.2 Å². The van der Waals surface area contributed by atoms with Gasteiger partial charge < -0.3 is 10.4 Å². The van der Waals surface area contributed by atoms with Crippen molar-refractivity contribution in [2.75, 3.05) is 0 Å². The van der Waals surface area contributed by atoms with Gasteiger partial charge in [0, 0.05) is 23.2 Å². The molecule has 1 fully saturated rings. The van der Waals surface area contributed by atoms with Gasteiger partial charge in [-0.1, -0.05) is 19.3 Å². The van der Waals surface area contributed by atoms with Crippen LogP contribution in [0.4, 0.5) is 10.7 Å². The number of benzene rings is 1. The van der Waals surface area contributed by atoms with E-state index in [4.69, 9.17) is 0 Å². The third-order valence-corrected chi connectivity index (χ3v) is 7.05. The summed E-state index contributed by atoms with van der Waals surface area (Å²) in [6.07, 6.45) is 11.1. The van der Waals surface area contributed by atoms with Crippen molar-refractivity contribution in [1.29, 1.82) is 0 Å². The second kappa shape index (κ2) is 8.95. The van der Waals surface area contributed by atoms with Crippen LogP contribution >= 0.6 is 11.3 Å². The van der Waals surface area contributed by atoms with Crippen molar-refractivity contribution in [3.8, 4) is 5.75 Å². The number of nitrogens with zero attached hydrogens (tertiary/aromatic N) is 2. The van der Waals surface area contributed by atoms with Crippen LogP contribution in [-0.2, 0) is 12.8 Å². The number of carbonyl (C=O) groups excluding carboxylic acids is 1. The number of hydrogen-bond donors (Lipinski definition) is 2. The minimum Gasteiger partial charge on any atom is -0.502 e. The zero-order chi connectivity index (χ0) is 21.1. The zero-order valence-corrected chi connectivity index (χ0v) is 17.5. The molecule has 30 heavy (non-hydrogen) atoms. The minimum absolute atomic E-state index is 0.0508. The van der Waals surface area contributed by atoms with Crippen LogP contribution in [0.25, 0.3) is 0 Å². The van der Waals surface area contributed by atoms with Crippen molar-refractivity contribution in [1.82, 2.24) is 5.32 Å². The maximum atomic E-state index is 13.2.